The molecule has 1 aromatic rings. The van der Waals surface area contributed by atoms with Crippen molar-refractivity contribution in [3.8, 4) is 0 Å². The molecule has 24 heavy (non-hydrogen) atoms. The molecule has 0 saturated carbocycles. The third kappa shape index (κ3) is 5.07. The molecule has 1 aromatic carbocycles. The Labute approximate surface area is 155 Å². The molecule has 134 valence electrons. The second-order valence-corrected chi connectivity index (χ2v) is 6.90. The van der Waals surface area contributed by atoms with Gasteiger partial charge in [0.15, 0.2) is 0 Å². The van der Waals surface area contributed by atoms with E-state index in [4.69, 9.17) is 11.6 Å². The first kappa shape index (κ1) is 19.5. The van der Waals surface area contributed by atoms with Gasteiger partial charge in [-0.3, -0.25) is 14.6 Å². The van der Waals surface area contributed by atoms with E-state index in [9.17, 15) is 4.79 Å². The molecular formula is C17H26Cl2N4O. The van der Waals surface area contributed by atoms with E-state index >= 15 is 0 Å². The molecule has 0 radical (unpaired) electrons. The van der Waals surface area contributed by atoms with Gasteiger partial charge in [-0.15, -0.1) is 12.4 Å². The van der Waals surface area contributed by atoms with Gasteiger partial charge in [0.2, 0.25) is 5.91 Å². The Morgan fingerprint density at radius 3 is 2.71 bits per heavy atom. The minimum Gasteiger partial charge on any atom is -0.324 e. The lowest BCUT2D eigenvalue weighted by molar-refractivity contribution is -0.117. The highest BCUT2D eigenvalue weighted by atomic mass is 35.5. The second-order valence-electron chi connectivity index (χ2n) is 6.49. The number of aryl methyl sites for hydroxylation is 1. The molecule has 0 bridgehead atoms. The number of benzene rings is 1. The van der Waals surface area contributed by atoms with E-state index in [2.05, 4.69) is 20.4 Å². The maximum atomic E-state index is 12.2. The van der Waals surface area contributed by atoms with E-state index in [1.54, 1.807) is 0 Å². The number of piperazine rings is 1. The molecule has 2 fully saturated rings. The quantitative estimate of drug-likeness (QED) is 0.848. The monoisotopic (exact) mass is 372 g/mol. The van der Waals surface area contributed by atoms with Gasteiger partial charge in [0.1, 0.15) is 0 Å². The fourth-order valence-corrected chi connectivity index (χ4v) is 3.63. The predicted molar refractivity (Wildman–Crippen MR) is 101 cm³/mol. The van der Waals surface area contributed by atoms with Gasteiger partial charge in [-0.05, 0) is 37.6 Å². The van der Waals surface area contributed by atoms with E-state index in [-0.39, 0.29) is 18.3 Å². The van der Waals surface area contributed by atoms with Crippen LogP contribution in [0.15, 0.2) is 18.2 Å². The fraction of sp³-hybridized carbons (Fsp3) is 0.588. The second kappa shape index (κ2) is 9.02. The van der Waals surface area contributed by atoms with E-state index in [0.29, 0.717) is 23.3 Å². The SMILES string of the molecule is Cc1ccc(NC(=O)CN2CCN(C3CCNC3)CC2)c(Cl)c1.Cl. The summed E-state index contributed by atoms with van der Waals surface area (Å²) in [6.07, 6.45) is 1.24. The van der Waals surface area contributed by atoms with Gasteiger partial charge in [-0.2, -0.15) is 0 Å². The molecule has 7 heteroatoms. The average Bonchev–Trinajstić information content (AvgIpc) is 3.05. The average molecular weight is 373 g/mol. The Bertz CT molecular complexity index is 556. The van der Waals surface area contributed by atoms with E-state index < -0.39 is 0 Å². The van der Waals surface area contributed by atoms with Gasteiger partial charge in [0, 0.05) is 38.8 Å². The van der Waals surface area contributed by atoms with Crippen LogP contribution in [0.25, 0.3) is 0 Å². The molecule has 2 aliphatic heterocycles. The zero-order chi connectivity index (χ0) is 16.2. The van der Waals surface area contributed by atoms with Crippen LogP contribution in [0.1, 0.15) is 12.0 Å². The number of nitrogens with one attached hydrogen (secondary N) is 2. The summed E-state index contributed by atoms with van der Waals surface area (Å²) in [5.74, 6) is 0.00624. The zero-order valence-electron chi connectivity index (χ0n) is 14.1. The highest BCUT2D eigenvalue weighted by Gasteiger charge is 2.26. The van der Waals surface area contributed by atoms with Crippen molar-refractivity contribution < 1.29 is 4.79 Å². The summed E-state index contributed by atoms with van der Waals surface area (Å²) in [7, 11) is 0. The smallest absolute Gasteiger partial charge is 0.238 e. The van der Waals surface area contributed by atoms with Crippen LogP contribution in [0.4, 0.5) is 5.69 Å². The summed E-state index contributed by atoms with van der Waals surface area (Å²) in [4.78, 5) is 17.0. The lowest BCUT2D eigenvalue weighted by atomic mass is 10.2. The molecule has 1 atom stereocenters. The number of hydrogen-bond donors (Lipinski definition) is 2. The van der Waals surface area contributed by atoms with Crippen molar-refractivity contribution in [2.75, 3.05) is 51.1 Å². The largest absolute Gasteiger partial charge is 0.324 e. The molecule has 2 aliphatic rings. The van der Waals surface area contributed by atoms with Crippen molar-refractivity contribution in [1.82, 2.24) is 15.1 Å². The van der Waals surface area contributed by atoms with Crippen molar-refractivity contribution >= 4 is 35.6 Å². The summed E-state index contributed by atoms with van der Waals surface area (Å²) in [6.45, 7) is 8.64. The van der Waals surface area contributed by atoms with Crippen molar-refractivity contribution in [3.63, 3.8) is 0 Å². The first-order valence-corrected chi connectivity index (χ1v) is 8.73. The van der Waals surface area contributed by atoms with Gasteiger partial charge in [0.25, 0.3) is 0 Å². The number of anilines is 1. The molecular weight excluding hydrogens is 347 g/mol. The van der Waals surface area contributed by atoms with Crippen LogP contribution in [0.2, 0.25) is 5.02 Å². The van der Waals surface area contributed by atoms with Crippen LogP contribution in [0.3, 0.4) is 0 Å². The van der Waals surface area contributed by atoms with Gasteiger partial charge >= 0.3 is 0 Å². The van der Waals surface area contributed by atoms with Crippen LogP contribution in [-0.2, 0) is 4.79 Å². The maximum Gasteiger partial charge on any atom is 0.238 e. The summed E-state index contributed by atoms with van der Waals surface area (Å²) in [5.41, 5.74) is 1.78. The van der Waals surface area contributed by atoms with Crippen molar-refractivity contribution in [1.29, 1.82) is 0 Å². The van der Waals surface area contributed by atoms with Crippen LogP contribution in [0, 0.1) is 6.92 Å². The predicted octanol–water partition coefficient (Wildman–Crippen LogP) is 1.99. The molecule has 1 unspecified atom stereocenters. The Morgan fingerprint density at radius 1 is 1.33 bits per heavy atom. The Hall–Kier alpha value is -0.850. The normalized spacial score (nSPS) is 22.2. The number of carbonyl (C=O) groups excluding carboxylic acids is 1. The minimum atomic E-state index is 0. The summed E-state index contributed by atoms with van der Waals surface area (Å²) >= 11 is 6.17. The van der Waals surface area contributed by atoms with E-state index in [1.165, 1.54) is 6.42 Å². The van der Waals surface area contributed by atoms with E-state index in [0.717, 1.165) is 44.8 Å². The summed E-state index contributed by atoms with van der Waals surface area (Å²) < 4.78 is 0. The number of amides is 1. The van der Waals surface area contributed by atoms with Crippen molar-refractivity contribution in [2.45, 2.75) is 19.4 Å². The van der Waals surface area contributed by atoms with Crippen LogP contribution < -0.4 is 10.6 Å². The van der Waals surface area contributed by atoms with Gasteiger partial charge in [0.05, 0.1) is 17.3 Å². The van der Waals surface area contributed by atoms with Gasteiger partial charge in [-0.25, -0.2) is 0 Å². The third-order valence-corrected chi connectivity index (χ3v) is 5.04. The lowest BCUT2D eigenvalue weighted by Gasteiger charge is -2.37. The van der Waals surface area contributed by atoms with Crippen molar-refractivity contribution in [2.24, 2.45) is 0 Å². The first-order valence-electron chi connectivity index (χ1n) is 8.35. The van der Waals surface area contributed by atoms with E-state index in [1.807, 2.05) is 25.1 Å². The molecule has 0 spiro atoms. The molecule has 2 N–H and O–H groups in total. The maximum absolute atomic E-state index is 12.2. The van der Waals surface area contributed by atoms with Gasteiger partial charge in [-0.1, -0.05) is 17.7 Å². The Kier molecular flexibility index (Phi) is 7.32. The van der Waals surface area contributed by atoms with Crippen LogP contribution in [-0.4, -0.2) is 67.6 Å². The molecule has 1 amide bonds. The first-order chi connectivity index (χ1) is 11.1. The van der Waals surface area contributed by atoms with Gasteiger partial charge < -0.3 is 10.6 Å². The molecule has 3 rings (SSSR count). The lowest BCUT2D eigenvalue weighted by Crippen LogP contribution is -2.52. The minimum absolute atomic E-state index is 0. The number of carbonyl (C=O) groups is 1. The third-order valence-electron chi connectivity index (χ3n) is 4.72. The number of nitrogens with zero attached hydrogens (tertiary/aromatic N) is 2. The highest BCUT2D eigenvalue weighted by molar-refractivity contribution is 6.33. The Morgan fingerprint density at radius 2 is 2.08 bits per heavy atom. The van der Waals surface area contributed by atoms with Crippen LogP contribution in [0.5, 0.6) is 0 Å². The Balaban J connectivity index is 0.00000208. The molecule has 0 aliphatic carbocycles. The highest BCUT2D eigenvalue weighted by Crippen LogP contribution is 2.22. The topological polar surface area (TPSA) is 47.6 Å². The van der Waals surface area contributed by atoms with Crippen molar-refractivity contribution in [3.05, 3.63) is 28.8 Å². The molecule has 2 heterocycles. The number of hydrogen-bond acceptors (Lipinski definition) is 4. The molecule has 2 saturated heterocycles. The summed E-state index contributed by atoms with van der Waals surface area (Å²) in [5, 5.41) is 6.93. The standard InChI is InChI=1S/C17H25ClN4O.ClH/c1-13-2-3-16(15(18)10-13)20-17(23)12-21-6-8-22(9-7-21)14-4-5-19-11-14;/h2-3,10,14,19H,4-9,11-12H2,1H3,(H,20,23);1H. The fourth-order valence-electron chi connectivity index (χ4n) is 3.35. The molecule has 0 aromatic heterocycles. The van der Waals surface area contributed by atoms with Crippen LogP contribution >= 0.6 is 24.0 Å². The molecule has 5 nitrogen and oxygen atoms in total. The zero-order valence-corrected chi connectivity index (χ0v) is 15.6. The number of rotatable bonds is 4. The summed E-state index contributed by atoms with van der Waals surface area (Å²) in [6, 6.07) is 6.36. The number of halogens is 2.